The second-order valence-electron chi connectivity index (χ2n) is 4.16. The van der Waals surface area contributed by atoms with E-state index in [-0.39, 0.29) is 0 Å². The van der Waals surface area contributed by atoms with E-state index < -0.39 is 6.10 Å². The van der Waals surface area contributed by atoms with Gasteiger partial charge in [0.1, 0.15) is 6.10 Å². The molecule has 19 heavy (non-hydrogen) atoms. The minimum Gasteiger partial charge on any atom is -0.386 e. The molecule has 1 aromatic heterocycles. The Morgan fingerprint density at radius 2 is 2.21 bits per heavy atom. The summed E-state index contributed by atoms with van der Waals surface area (Å²) < 4.78 is 0.686. The molecular formula is C13H22ClN3OS. The summed E-state index contributed by atoms with van der Waals surface area (Å²) in [5.74, 6) is 0.748. The molecule has 1 unspecified atom stereocenters. The lowest BCUT2D eigenvalue weighted by atomic mass is 10.3. The summed E-state index contributed by atoms with van der Waals surface area (Å²) in [4.78, 5) is 5.22. The summed E-state index contributed by atoms with van der Waals surface area (Å²) in [5, 5.41) is 16.4. The Morgan fingerprint density at radius 1 is 1.42 bits per heavy atom. The first kappa shape index (κ1) is 16.3. The predicted octanol–water partition coefficient (Wildman–Crippen LogP) is 2.79. The first-order valence-electron chi connectivity index (χ1n) is 6.62. The van der Waals surface area contributed by atoms with Crippen molar-refractivity contribution >= 4 is 28.9 Å². The summed E-state index contributed by atoms with van der Waals surface area (Å²) in [6, 6.07) is 3.63. The topological polar surface area (TPSA) is 56.7 Å². The lowest BCUT2D eigenvalue weighted by Gasteiger charge is -2.12. The number of nitrogens with zero attached hydrogens (tertiary/aromatic N) is 1. The van der Waals surface area contributed by atoms with Crippen molar-refractivity contribution in [1.29, 1.82) is 0 Å². The smallest absolute Gasteiger partial charge is 0.191 e. The minimum absolute atomic E-state index is 0.332. The molecule has 0 aliphatic rings. The lowest BCUT2D eigenvalue weighted by Crippen LogP contribution is -2.38. The van der Waals surface area contributed by atoms with Crippen LogP contribution in [0.15, 0.2) is 17.1 Å². The van der Waals surface area contributed by atoms with Crippen molar-refractivity contribution in [3.63, 3.8) is 0 Å². The van der Waals surface area contributed by atoms with Gasteiger partial charge in [-0.05, 0) is 25.5 Å². The van der Waals surface area contributed by atoms with Crippen LogP contribution in [-0.4, -0.2) is 30.7 Å². The normalized spacial score (nSPS) is 13.4. The molecule has 1 rings (SSSR count). The summed E-state index contributed by atoms with van der Waals surface area (Å²) in [5.41, 5.74) is 0. The van der Waals surface area contributed by atoms with E-state index in [1.807, 2.05) is 13.0 Å². The van der Waals surface area contributed by atoms with E-state index in [4.69, 9.17) is 11.6 Å². The summed E-state index contributed by atoms with van der Waals surface area (Å²) in [6.45, 7) is 6.20. The van der Waals surface area contributed by atoms with E-state index in [9.17, 15) is 5.11 Å². The third kappa shape index (κ3) is 6.27. The van der Waals surface area contributed by atoms with Crippen molar-refractivity contribution in [3.05, 3.63) is 21.3 Å². The highest BCUT2D eigenvalue weighted by Crippen LogP contribution is 2.26. The molecule has 6 heteroatoms. The molecule has 0 aliphatic carbocycles. The van der Waals surface area contributed by atoms with Crippen molar-refractivity contribution in [1.82, 2.24) is 10.6 Å². The molecule has 108 valence electrons. The van der Waals surface area contributed by atoms with Crippen LogP contribution in [0.25, 0.3) is 0 Å². The first-order valence-corrected chi connectivity index (χ1v) is 7.82. The summed E-state index contributed by atoms with van der Waals surface area (Å²) in [7, 11) is 0. The Kier molecular flexibility index (Phi) is 7.86. The van der Waals surface area contributed by atoms with Gasteiger partial charge in [0.05, 0.1) is 10.9 Å². The number of aliphatic hydroxyl groups is 1. The third-order valence-corrected chi connectivity index (χ3v) is 3.84. The van der Waals surface area contributed by atoms with Gasteiger partial charge >= 0.3 is 0 Å². The van der Waals surface area contributed by atoms with Gasteiger partial charge in [0.2, 0.25) is 0 Å². The predicted molar refractivity (Wildman–Crippen MR) is 83.2 cm³/mol. The summed E-state index contributed by atoms with van der Waals surface area (Å²) in [6.07, 6.45) is 1.65. The van der Waals surface area contributed by atoms with Crippen LogP contribution in [0.4, 0.5) is 0 Å². The Labute approximate surface area is 123 Å². The SMILES string of the molecule is CCCCNC(=NCC(O)c1ccc(Cl)s1)NCC. The number of rotatable bonds is 7. The van der Waals surface area contributed by atoms with Crippen molar-refractivity contribution in [3.8, 4) is 0 Å². The van der Waals surface area contributed by atoms with Crippen molar-refractivity contribution in [2.45, 2.75) is 32.8 Å². The summed E-state index contributed by atoms with van der Waals surface area (Å²) >= 11 is 7.24. The molecule has 4 nitrogen and oxygen atoms in total. The van der Waals surface area contributed by atoms with E-state index in [1.54, 1.807) is 6.07 Å². The molecule has 0 bridgehead atoms. The minimum atomic E-state index is -0.598. The number of hydrogen-bond acceptors (Lipinski definition) is 3. The van der Waals surface area contributed by atoms with Crippen LogP contribution in [0, 0.1) is 0 Å². The van der Waals surface area contributed by atoms with Crippen LogP contribution in [0.3, 0.4) is 0 Å². The quantitative estimate of drug-likeness (QED) is 0.412. The van der Waals surface area contributed by atoms with Crippen LogP contribution >= 0.6 is 22.9 Å². The van der Waals surface area contributed by atoms with Gasteiger partial charge in [0.25, 0.3) is 0 Å². The molecule has 1 aromatic rings. The Morgan fingerprint density at radius 3 is 2.79 bits per heavy atom. The molecule has 0 saturated carbocycles. The van der Waals surface area contributed by atoms with E-state index in [1.165, 1.54) is 11.3 Å². The van der Waals surface area contributed by atoms with Gasteiger partial charge < -0.3 is 15.7 Å². The number of guanidine groups is 1. The number of hydrogen-bond donors (Lipinski definition) is 3. The average Bonchev–Trinajstić information content (AvgIpc) is 2.82. The van der Waals surface area contributed by atoms with Crippen molar-refractivity contribution in [2.24, 2.45) is 4.99 Å². The standard InChI is InChI=1S/C13H22ClN3OS/c1-3-5-8-16-13(15-4-2)17-9-10(18)11-6-7-12(14)19-11/h6-7,10,18H,3-5,8-9H2,1-2H3,(H2,15,16,17). The van der Waals surface area contributed by atoms with Gasteiger partial charge in [-0.3, -0.25) is 4.99 Å². The Hall–Kier alpha value is -0.780. The fraction of sp³-hybridized carbons (Fsp3) is 0.615. The zero-order chi connectivity index (χ0) is 14.1. The van der Waals surface area contributed by atoms with Gasteiger partial charge in [-0.1, -0.05) is 24.9 Å². The van der Waals surface area contributed by atoms with Crippen LogP contribution < -0.4 is 10.6 Å². The van der Waals surface area contributed by atoms with Crippen molar-refractivity contribution in [2.75, 3.05) is 19.6 Å². The maximum absolute atomic E-state index is 10.0. The van der Waals surface area contributed by atoms with Gasteiger partial charge in [-0.15, -0.1) is 11.3 Å². The van der Waals surface area contributed by atoms with Crippen LogP contribution in [0.1, 0.15) is 37.7 Å². The molecule has 3 N–H and O–H groups in total. The molecule has 0 fully saturated rings. The zero-order valence-electron chi connectivity index (χ0n) is 11.4. The number of nitrogens with one attached hydrogen (secondary N) is 2. The van der Waals surface area contributed by atoms with Gasteiger partial charge in [0.15, 0.2) is 5.96 Å². The van der Waals surface area contributed by atoms with Crippen LogP contribution in [-0.2, 0) is 0 Å². The second kappa shape index (κ2) is 9.18. The highest BCUT2D eigenvalue weighted by molar-refractivity contribution is 7.16. The Bertz CT molecular complexity index is 395. The highest BCUT2D eigenvalue weighted by Gasteiger charge is 2.09. The fourth-order valence-electron chi connectivity index (χ4n) is 1.50. The number of halogens is 1. The van der Waals surface area contributed by atoms with E-state index in [0.29, 0.717) is 10.9 Å². The van der Waals surface area contributed by atoms with Gasteiger partial charge in [-0.25, -0.2) is 0 Å². The molecule has 0 saturated heterocycles. The molecule has 1 atom stereocenters. The maximum atomic E-state index is 10.0. The molecule has 0 aliphatic heterocycles. The van der Waals surface area contributed by atoms with E-state index >= 15 is 0 Å². The molecule has 0 amide bonds. The monoisotopic (exact) mass is 303 g/mol. The number of aliphatic hydroxyl groups excluding tert-OH is 1. The van der Waals surface area contributed by atoms with E-state index in [0.717, 1.165) is 36.8 Å². The van der Waals surface area contributed by atoms with Crippen molar-refractivity contribution < 1.29 is 5.11 Å². The zero-order valence-corrected chi connectivity index (χ0v) is 13.0. The van der Waals surface area contributed by atoms with Gasteiger partial charge in [-0.2, -0.15) is 0 Å². The first-order chi connectivity index (χ1) is 9.17. The largest absolute Gasteiger partial charge is 0.386 e. The molecule has 1 heterocycles. The van der Waals surface area contributed by atoms with Crippen LogP contribution in [0.5, 0.6) is 0 Å². The number of aliphatic imine (C=N–C) groups is 1. The molecular weight excluding hydrogens is 282 g/mol. The number of unbranched alkanes of at least 4 members (excludes halogenated alkanes) is 1. The third-order valence-electron chi connectivity index (χ3n) is 2.51. The van der Waals surface area contributed by atoms with Gasteiger partial charge in [0, 0.05) is 18.0 Å². The lowest BCUT2D eigenvalue weighted by molar-refractivity contribution is 0.191. The molecule has 0 aromatic carbocycles. The molecule has 0 radical (unpaired) electrons. The fourth-order valence-corrected chi connectivity index (χ4v) is 2.54. The average molecular weight is 304 g/mol. The second-order valence-corrected chi connectivity index (χ2v) is 5.90. The number of thiophene rings is 1. The van der Waals surface area contributed by atoms with E-state index in [2.05, 4.69) is 22.5 Å². The molecule has 0 spiro atoms. The maximum Gasteiger partial charge on any atom is 0.191 e. The Balaban J connectivity index is 2.49. The highest BCUT2D eigenvalue weighted by atomic mass is 35.5. The van der Waals surface area contributed by atoms with Crippen LogP contribution in [0.2, 0.25) is 4.34 Å².